The summed E-state index contributed by atoms with van der Waals surface area (Å²) in [5, 5.41) is 0. The summed E-state index contributed by atoms with van der Waals surface area (Å²) in [4.78, 5) is 1.46. The van der Waals surface area contributed by atoms with Crippen LogP contribution < -0.4 is 4.90 Å². The molecule has 1 aromatic rings. The molecule has 1 N–H and O–H groups in total. The second-order valence-electron chi connectivity index (χ2n) is 5.91. The molecule has 3 heterocycles. The van der Waals surface area contributed by atoms with Crippen molar-refractivity contribution in [2.45, 2.75) is 29.6 Å². The van der Waals surface area contributed by atoms with Gasteiger partial charge in [-0.05, 0) is 47.3 Å². The van der Waals surface area contributed by atoms with E-state index in [4.69, 9.17) is 4.74 Å². The fraction of sp³-hybridized carbons (Fsp3) is 0.714. The molecule has 3 rings (SSSR count). The summed E-state index contributed by atoms with van der Waals surface area (Å²) in [7, 11) is -3.32. The zero-order chi connectivity index (χ0) is 15.6. The number of nitrogens with zero attached hydrogens (tertiary/aromatic N) is 1. The van der Waals surface area contributed by atoms with Gasteiger partial charge in [0.2, 0.25) is 0 Å². The Hall–Kier alpha value is 0.01000. The number of halogens is 1. The molecule has 0 radical (unpaired) electrons. The topological polar surface area (TPSA) is 51.0 Å². The summed E-state index contributed by atoms with van der Waals surface area (Å²) in [5.41, 5.74) is 0. The quantitative estimate of drug-likeness (QED) is 0.805. The summed E-state index contributed by atoms with van der Waals surface area (Å²) < 4.78 is 33.9. The van der Waals surface area contributed by atoms with E-state index in [1.165, 1.54) is 29.1 Å². The number of piperazine rings is 1. The molecule has 0 unspecified atom stereocenters. The Balaban J connectivity index is 1.55. The van der Waals surface area contributed by atoms with Gasteiger partial charge in [0.1, 0.15) is 16.9 Å². The van der Waals surface area contributed by atoms with Gasteiger partial charge >= 0.3 is 0 Å². The second-order valence-corrected chi connectivity index (χ2v) is 10.5. The van der Waals surface area contributed by atoms with Crippen molar-refractivity contribution >= 4 is 37.3 Å². The lowest BCUT2D eigenvalue weighted by Gasteiger charge is -2.33. The van der Waals surface area contributed by atoms with Gasteiger partial charge in [-0.2, -0.15) is 4.31 Å². The van der Waals surface area contributed by atoms with E-state index in [1.807, 2.05) is 0 Å². The number of rotatable bonds is 4. The molecule has 0 aliphatic carbocycles. The Morgan fingerprint density at radius 3 is 2.68 bits per heavy atom. The minimum absolute atomic E-state index is 0.361. The monoisotopic (exact) mass is 409 g/mol. The summed E-state index contributed by atoms with van der Waals surface area (Å²) in [6.45, 7) is 4.82. The molecule has 5 nitrogen and oxygen atoms in total. The van der Waals surface area contributed by atoms with Crippen molar-refractivity contribution in [3.8, 4) is 0 Å². The SMILES string of the molecule is O=S(=O)(c1ccc(Br)s1)N1CC[NH+](C[C@H]2CCCCO2)CC1. The van der Waals surface area contributed by atoms with Gasteiger partial charge in [-0.1, -0.05) is 0 Å². The van der Waals surface area contributed by atoms with Crippen molar-refractivity contribution in [1.82, 2.24) is 4.31 Å². The van der Waals surface area contributed by atoms with Crippen LogP contribution in [0.1, 0.15) is 19.3 Å². The third-order valence-corrected chi connectivity index (χ3v) is 8.35. The van der Waals surface area contributed by atoms with Crippen molar-refractivity contribution in [1.29, 1.82) is 0 Å². The Bertz CT molecular complexity index is 591. The summed E-state index contributed by atoms with van der Waals surface area (Å²) >= 11 is 4.61. The summed E-state index contributed by atoms with van der Waals surface area (Å²) in [5.74, 6) is 0. The zero-order valence-electron chi connectivity index (χ0n) is 12.5. The number of quaternary nitrogens is 1. The molecule has 1 aromatic heterocycles. The molecule has 2 fully saturated rings. The van der Waals surface area contributed by atoms with Crippen molar-refractivity contribution in [2.75, 3.05) is 39.3 Å². The number of thiophene rings is 1. The fourth-order valence-electron chi connectivity index (χ4n) is 3.10. The predicted molar refractivity (Wildman–Crippen MR) is 89.9 cm³/mol. The van der Waals surface area contributed by atoms with Gasteiger partial charge in [0.15, 0.2) is 0 Å². The lowest BCUT2D eigenvalue weighted by atomic mass is 10.1. The highest BCUT2D eigenvalue weighted by Crippen LogP contribution is 2.28. The molecule has 8 heteroatoms. The molecular formula is C14H22BrN2O3S2+. The van der Waals surface area contributed by atoms with Crippen LogP contribution in [0.3, 0.4) is 0 Å². The standard InChI is InChI=1S/C14H21BrN2O3S2/c15-13-4-5-14(21-13)22(18,19)17-8-6-16(7-9-17)11-12-3-1-2-10-20-12/h4-5,12H,1-3,6-11H2/p+1/t12-/m1/s1. The van der Waals surface area contributed by atoms with Gasteiger partial charge in [-0.25, -0.2) is 8.42 Å². The average Bonchev–Trinajstić information content (AvgIpc) is 2.96. The summed E-state index contributed by atoms with van der Waals surface area (Å²) in [6, 6.07) is 3.47. The molecule has 0 amide bonds. The van der Waals surface area contributed by atoms with E-state index in [2.05, 4.69) is 15.9 Å². The highest BCUT2D eigenvalue weighted by molar-refractivity contribution is 9.11. The minimum atomic E-state index is -3.32. The van der Waals surface area contributed by atoms with E-state index in [0.29, 0.717) is 23.4 Å². The number of sulfonamides is 1. The molecule has 0 saturated carbocycles. The molecular weight excluding hydrogens is 388 g/mol. The van der Waals surface area contributed by atoms with Gasteiger partial charge in [0.25, 0.3) is 10.0 Å². The van der Waals surface area contributed by atoms with Crippen LogP contribution in [0.15, 0.2) is 20.1 Å². The van der Waals surface area contributed by atoms with E-state index in [0.717, 1.165) is 36.4 Å². The Morgan fingerprint density at radius 1 is 1.32 bits per heavy atom. The van der Waals surface area contributed by atoms with Gasteiger partial charge in [0.05, 0.1) is 30.0 Å². The first-order chi connectivity index (χ1) is 10.6. The van der Waals surface area contributed by atoms with E-state index >= 15 is 0 Å². The number of nitrogens with one attached hydrogen (secondary N) is 1. The van der Waals surface area contributed by atoms with Gasteiger partial charge in [-0.15, -0.1) is 11.3 Å². The maximum atomic E-state index is 12.6. The Kier molecular flexibility index (Phi) is 5.57. The largest absolute Gasteiger partial charge is 0.372 e. The minimum Gasteiger partial charge on any atom is -0.372 e. The highest BCUT2D eigenvalue weighted by Gasteiger charge is 2.32. The molecule has 0 spiro atoms. The van der Waals surface area contributed by atoms with Crippen molar-refractivity contribution in [3.05, 3.63) is 15.9 Å². The lowest BCUT2D eigenvalue weighted by Crippen LogP contribution is -3.15. The molecule has 2 aliphatic heterocycles. The number of hydrogen-bond acceptors (Lipinski definition) is 4. The predicted octanol–water partition coefficient (Wildman–Crippen LogP) is 0.969. The smallest absolute Gasteiger partial charge is 0.252 e. The van der Waals surface area contributed by atoms with Crippen molar-refractivity contribution in [2.24, 2.45) is 0 Å². The maximum absolute atomic E-state index is 12.6. The van der Waals surface area contributed by atoms with Crippen LogP contribution in [0, 0.1) is 0 Å². The number of ether oxygens (including phenoxy) is 1. The van der Waals surface area contributed by atoms with E-state index in [-0.39, 0.29) is 0 Å². The number of hydrogen-bond donors (Lipinski definition) is 1. The van der Waals surface area contributed by atoms with Crippen LogP contribution in [-0.4, -0.2) is 58.2 Å². The third-order valence-electron chi connectivity index (χ3n) is 4.36. The first-order valence-electron chi connectivity index (χ1n) is 7.76. The van der Waals surface area contributed by atoms with Gasteiger partial charge < -0.3 is 9.64 Å². The van der Waals surface area contributed by atoms with Gasteiger partial charge in [-0.3, -0.25) is 0 Å². The molecule has 2 aliphatic rings. The van der Waals surface area contributed by atoms with Gasteiger partial charge in [0, 0.05) is 6.61 Å². The molecule has 22 heavy (non-hydrogen) atoms. The third kappa shape index (κ3) is 3.91. The molecule has 1 atom stereocenters. The van der Waals surface area contributed by atoms with Crippen molar-refractivity contribution < 1.29 is 18.1 Å². The highest BCUT2D eigenvalue weighted by atomic mass is 79.9. The maximum Gasteiger partial charge on any atom is 0.252 e. The molecule has 124 valence electrons. The van der Waals surface area contributed by atoms with Crippen LogP contribution in [0.2, 0.25) is 0 Å². The van der Waals surface area contributed by atoms with Crippen LogP contribution in [0.4, 0.5) is 0 Å². The van der Waals surface area contributed by atoms with Crippen molar-refractivity contribution in [3.63, 3.8) is 0 Å². The molecule has 2 saturated heterocycles. The fourth-order valence-corrected chi connectivity index (χ4v) is 6.71. The van der Waals surface area contributed by atoms with Crippen LogP contribution in [-0.2, 0) is 14.8 Å². The Morgan fingerprint density at radius 2 is 2.09 bits per heavy atom. The molecule has 0 aromatic carbocycles. The lowest BCUT2D eigenvalue weighted by molar-refractivity contribution is -0.907. The molecule has 0 bridgehead atoms. The Labute approximate surface area is 144 Å². The van der Waals surface area contributed by atoms with Crippen LogP contribution in [0.5, 0.6) is 0 Å². The van der Waals surface area contributed by atoms with E-state index in [1.54, 1.807) is 16.4 Å². The summed E-state index contributed by atoms with van der Waals surface area (Å²) in [6.07, 6.45) is 3.94. The second kappa shape index (κ2) is 7.27. The van der Waals surface area contributed by atoms with E-state index in [9.17, 15) is 8.42 Å². The van der Waals surface area contributed by atoms with Crippen LogP contribution in [0.25, 0.3) is 0 Å². The first kappa shape index (κ1) is 16.9. The van der Waals surface area contributed by atoms with E-state index < -0.39 is 10.0 Å². The van der Waals surface area contributed by atoms with Crippen LogP contribution >= 0.6 is 27.3 Å². The normalized spacial score (nSPS) is 25.4. The first-order valence-corrected chi connectivity index (χ1v) is 10.8. The zero-order valence-corrected chi connectivity index (χ0v) is 15.7. The average molecular weight is 410 g/mol.